The zero-order chi connectivity index (χ0) is 15.4. The largest absolute Gasteiger partial charge is 0.326 e. The molecule has 2 rings (SSSR count). The fraction of sp³-hybridized carbons (Fsp3) is 0.267. The van der Waals surface area contributed by atoms with Gasteiger partial charge in [-0.2, -0.15) is 5.26 Å². The third-order valence-corrected chi connectivity index (χ3v) is 3.35. The van der Waals surface area contributed by atoms with Crippen molar-refractivity contribution >= 4 is 11.6 Å². The Morgan fingerprint density at radius 3 is 2.52 bits per heavy atom. The van der Waals surface area contributed by atoms with Gasteiger partial charge in [-0.3, -0.25) is 9.36 Å². The van der Waals surface area contributed by atoms with Gasteiger partial charge in [0.2, 0.25) is 5.91 Å². The number of carbonyl (C=O) groups is 1. The topological polar surface area (TPSA) is 90.7 Å². The molecule has 0 aliphatic heterocycles. The Bertz CT molecular complexity index is 747. The van der Waals surface area contributed by atoms with E-state index in [9.17, 15) is 9.59 Å². The van der Waals surface area contributed by atoms with Gasteiger partial charge in [0.25, 0.3) is 0 Å². The fourth-order valence-corrected chi connectivity index (χ4v) is 2.01. The number of nitrogens with one attached hydrogen (secondary N) is 2. The van der Waals surface area contributed by atoms with Crippen molar-refractivity contribution in [2.24, 2.45) is 0 Å². The van der Waals surface area contributed by atoms with Crippen LogP contribution in [0, 0.1) is 25.2 Å². The van der Waals surface area contributed by atoms with Gasteiger partial charge >= 0.3 is 5.69 Å². The van der Waals surface area contributed by atoms with Crippen LogP contribution in [0.3, 0.4) is 0 Å². The van der Waals surface area contributed by atoms with Crippen LogP contribution < -0.4 is 11.0 Å². The van der Waals surface area contributed by atoms with Crippen LogP contribution in [0.1, 0.15) is 23.4 Å². The normalized spacial score (nSPS) is 10.1. The van der Waals surface area contributed by atoms with E-state index in [0.717, 1.165) is 11.4 Å². The van der Waals surface area contributed by atoms with Gasteiger partial charge in [0.05, 0.1) is 11.6 Å². The van der Waals surface area contributed by atoms with Gasteiger partial charge in [0.15, 0.2) is 0 Å². The number of nitriles is 1. The highest BCUT2D eigenvalue weighted by Gasteiger charge is 2.09. The summed E-state index contributed by atoms with van der Waals surface area (Å²) < 4.78 is 1.55. The van der Waals surface area contributed by atoms with Crippen molar-refractivity contribution in [3.8, 4) is 6.07 Å². The van der Waals surface area contributed by atoms with E-state index in [-0.39, 0.29) is 18.0 Å². The van der Waals surface area contributed by atoms with Crippen molar-refractivity contribution in [3.63, 3.8) is 0 Å². The smallest absolute Gasteiger partial charge is 0.325 e. The van der Waals surface area contributed by atoms with Gasteiger partial charge in [-0.25, -0.2) is 4.79 Å². The molecule has 2 aromatic rings. The number of hydrogen-bond acceptors (Lipinski definition) is 3. The Balaban J connectivity index is 1.96. The number of imidazole rings is 1. The van der Waals surface area contributed by atoms with E-state index in [4.69, 9.17) is 5.26 Å². The molecule has 0 saturated heterocycles. The van der Waals surface area contributed by atoms with Gasteiger partial charge in [-0.1, -0.05) is 0 Å². The van der Waals surface area contributed by atoms with E-state index in [0.29, 0.717) is 17.8 Å². The molecular weight excluding hydrogens is 268 g/mol. The Morgan fingerprint density at radius 2 is 2.00 bits per heavy atom. The number of aromatic amines is 1. The molecule has 0 saturated carbocycles. The molecular formula is C15H16N4O2. The second-order valence-corrected chi connectivity index (χ2v) is 4.78. The minimum absolute atomic E-state index is 0.176. The molecule has 0 unspecified atom stereocenters. The van der Waals surface area contributed by atoms with Crippen LogP contribution in [0.25, 0.3) is 0 Å². The number of H-pyrrole nitrogens is 1. The molecule has 0 aliphatic rings. The first-order chi connectivity index (χ1) is 10.0. The van der Waals surface area contributed by atoms with E-state index in [2.05, 4.69) is 10.3 Å². The average molecular weight is 284 g/mol. The zero-order valence-electron chi connectivity index (χ0n) is 11.9. The standard InChI is InChI=1S/C15H16N4O2/c1-10-11(2)19(15(21)17-10)8-7-14(20)18-13-5-3-12(9-16)4-6-13/h3-6H,7-8H2,1-2H3,(H,17,21)(H,18,20). The molecule has 108 valence electrons. The van der Waals surface area contributed by atoms with E-state index in [1.807, 2.05) is 19.9 Å². The van der Waals surface area contributed by atoms with Crippen LogP contribution in [-0.2, 0) is 11.3 Å². The monoisotopic (exact) mass is 284 g/mol. The van der Waals surface area contributed by atoms with Crippen LogP contribution >= 0.6 is 0 Å². The van der Waals surface area contributed by atoms with Gasteiger partial charge in [-0.15, -0.1) is 0 Å². The first kappa shape index (κ1) is 14.6. The van der Waals surface area contributed by atoms with Crippen molar-refractivity contribution in [2.75, 3.05) is 5.32 Å². The molecule has 0 bridgehead atoms. The highest BCUT2D eigenvalue weighted by molar-refractivity contribution is 5.90. The van der Waals surface area contributed by atoms with Gasteiger partial charge < -0.3 is 10.3 Å². The van der Waals surface area contributed by atoms with Gasteiger partial charge in [0, 0.05) is 30.0 Å². The van der Waals surface area contributed by atoms with Gasteiger partial charge in [-0.05, 0) is 38.1 Å². The first-order valence-electron chi connectivity index (χ1n) is 6.57. The first-order valence-corrected chi connectivity index (χ1v) is 6.57. The summed E-state index contributed by atoms with van der Waals surface area (Å²) in [5.41, 5.74) is 2.63. The molecule has 0 atom stereocenters. The number of carbonyl (C=O) groups excluding carboxylic acids is 1. The number of anilines is 1. The predicted octanol–water partition coefficient (Wildman–Crippen LogP) is 1.69. The van der Waals surface area contributed by atoms with Crippen LogP contribution in [-0.4, -0.2) is 15.5 Å². The Kier molecular flexibility index (Phi) is 4.24. The lowest BCUT2D eigenvalue weighted by Crippen LogP contribution is -2.22. The third kappa shape index (κ3) is 3.39. The second-order valence-electron chi connectivity index (χ2n) is 4.78. The molecule has 1 amide bonds. The maximum Gasteiger partial charge on any atom is 0.325 e. The molecule has 0 spiro atoms. The number of aryl methyl sites for hydroxylation is 1. The summed E-state index contributed by atoms with van der Waals surface area (Å²) in [5.74, 6) is -0.176. The molecule has 6 nitrogen and oxygen atoms in total. The van der Waals surface area contributed by atoms with Crippen molar-refractivity contribution in [2.45, 2.75) is 26.8 Å². The zero-order valence-corrected chi connectivity index (χ0v) is 11.9. The van der Waals surface area contributed by atoms with Crippen LogP contribution in [0.2, 0.25) is 0 Å². The summed E-state index contributed by atoms with van der Waals surface area (Å²) >= 11 is 0. The highest BCUT2D eigenvalue weighted by Crippen LogP contribution is 2.09. The minimum Gasteiger partial charge on any atom is -0.326 e. The number of nitrogens with zero attached hydrogens (tertiary/aromatic N) is 2. The quantitative estimate of drug-likeness (QED) is 0.895. The lowest BCUT2D eigenvalue weighted by atomic mass is 10.2. The summed E-state index contributed by atoms with van der Waals surface area (Å²) in [4.78, 5) is 26.2. The summed E-state index contributed by atoms with van der Waals surface area (Å²) in [6.45, 7) is 3.99. The third-order valence-electron chi connectivity index (χ3n) is 3.35. The fourth-order valence-electron chi connectivity index (χ4n) is 2.01. The van der Waals surface area contributed by atoms with E-state index >= 15 is 0 Å². The van der Waals surface area contributed by atoms with Crippen molar-refractivity contribution in [1.29, 1.82) is 5.26 Å². The van der Waals surface area contributed by atoms with Crippen molar-refractivity contribution in [1.82, 2.24) is 9.55 Å². The van der Waals surface area contributed by atoms with E-state index in [1.165, 1.54) is 0 Å². The van der Waals surface area contributed by atoms with Crippen LogP contribution in [0.5, 0.6) is 0 Å². The summed E-state index contributed by atoms with van der Waals surface area (Å²) in [7, 11) is 0. The minimum atomic E-state index is -0.198. The number of aromatic nitrogens is 2. The maximum absolute atomic E-state index is 11.9. The van der Waals surface area contributed by atoms with Gasteiger partial charge in [0.1, 0.15) is 0 Å². The molecule has 6 heteroatoms. The van der Waals surface area contributed by atoms with Crippen LogP contribution in [0.4, 0.5) is 5.69 Å². The Morgan fingerprint density at radius 1 is 1.33 bits per heavy atom. The maximum atomic E-state index is 11.9. The number of benzene rings is 1. The number of rotatable bonds is 4. The lowest BCUT2D eigenvalue weighted by molar-refractivity contribution is -0.116. The highest BCUT2D eigenvalue weighted by atomic mass is 16.2. The molecule has 0 radical (unpaired) electrons. The molecule has 1 aromatic carbocycles. The molecule has 0 aliphatic carbocycles. The number of amides is 1. The van der Waals surface area contributed by atoms with E-state index in [1.54, 1.807) is 28.8 Å². The summed E-state index contributed by atoms with van der Waals surface area (Å²) in [6.07, 6.45) is 0.206. The Labute approximate surface area is 122 Å². The Hall–Kier alpha value is -2.81. The predicted molar refractivity (Wildman–Crippen MR) is 78.9 cm³/mol. The molecule has 21 heavy (non-hydrogen) atoms. The SMILES string of the molecule is Cc1[nH]c(=O)n(CCC(=O)Nc2ccc(C#N)cc2)c1C. The average Bonchev–Trinajstić information content (AvgIpc) is 2.71. The van der Waals surface area contributed by atoms with Crippen molar-refractivity contribution in [3.05, 3.63) is 51.7 Å². The molecule has 2 N–H and O–H groups in total. The molecule has 1 heterocycles. The summed E-state index contributed by atoms with van der Waals surface area (Å²) in [5, 5.41) is 11.4. The summed E-state index contributed by atoms with van der Waals surface area (Å²) in [6, 6.07) is 8.64. The lowest BCUT2D eigenvalue weighted by Gasteiger charge is -2.06. The van der Waals surface area contributed by atoms with E-state index < -0.39 is 0 Å². The van der Waals surface area contributed by atoms with Crippen LogP contribution in [0.15, 0.2) is 29.1 Å². The second kappa shape index (κ2) is 6.09. The van der Waals surface area contributed by atoms with Crippen molar-refractivity contribution < 1.29 is 4.79 Å². The molecule has 0 fully saturated rings. The molecule has 1 aromatic heterocycles. The number of hydrogen-bond donors (Lipinski definition) is 2.